The highest BCUT2D eigenvalue weighted by Crippen LogP contribution is 2.24. The molecule has 9 heteroatoms. The second-order valence-corrected chi connectivity index (χ2v) is 7.35. The van der Waals surface area contributed by atoms with Crippen molar-refractivity contribution in [2.75, 3.05) is 23.3 Å². The van der Waals surface area contributed by atoms with Crippen molar-refractivity contribution in [2.24, 2.45) is 5.73 Å². The van der Waals surface area contributed by atoms with E-state index in [2.05, 4.69) is 22.5 Å². The fourth-order valence-electron chi connectivity index (χ4n) is 2.79. The number of benzene rings is 2. The number of rotatable bonds is 7. The third-order valence-electron chi connectivity index (χ3n) is 4.34. The Morgan fingerprint density at radius 2 is 1.91 bits per heavy atom. The van der Waals surface area contributed by atoms with Gasteiger partial charge in [-0.2, -0.15) is 0 Å². The Balaban J connectivity index is 2.16. The highest BCUT2D eigenvalue weighted by atomic mass is 19.1. The number of carboxylic acid groups (broad SMARTS) is 1. The Morgan fingerprint density at radius 3 is 2.47 bits per heavy atom. The number of nitrogen functional groups attached to an aromatic ring is 1. The number of carbonyl (C=O) groups excluding carboxylic acids is 1. The Bertz CT molecular complexity index is 1070. The lowest BCUT2D eigenvalue weighted by atomic mass is 10.1. The number of nitrogens with one attached hydrogen (secondary N) is 3. The molecule has 8 nitrogen and oxygen atoms in total. The lowest BCUT2D eigenvalue weighted by molar-refractivity contribution is -0.135. The van der Waals surface area contributed by atoms with Crippen molar-refractivity contribution in [1.29, 1.82) is 5.41 Å². The summed E-state index contributed by atoms with van der Waals surface area (Å²) in [6, 6.07) is 8.66. The monoisotopic (exact) mass is 439 g/mol. The van der Waals surface area contributed by atoms with Crippen LogP contribution in [0.3, 0.4) is 0 Å². The maximum absolute atomic E-state index is 14.8. The Labute approximate surface area is 186 Å². The predicted molar refractivity (Wildman–Crippen MR) is 123 cm³/mol. The average Bonchev–Trinajstić information content (AvgIpc) is 2.71. The van der Waals surface area contributed by atoms with E-state index in [1.54, 1.807) is 45.0 Å². The number of hydrogen-bond acceptors (Lipinski definition) is 4. The van der Waals surface area contributed by atoms with Gasteiger partial charge in [0.1, 0.15) is 18.2 Å². The van der Waals surface area contributed by atoms with Crippen molar-refractivity contribution in [1.82, 2.24) is 5.32 Å². The molecule has 2 amide bonds. The molecule has 0 atom stereocenters. The van der Waals surface area contributed by atoms with Gasteiger partial charge in [0.25, 0.3) is 0 Å². The molecule has 2 aromatic rings. The number of hydrogen-bond donors (Lipinski definition) is 5. The van der Waals surface area contributed by atoms with Gasteiger partial charge in [0.15, 0.2) is 0 Å². The van der Waals surface area contributed by atoms with Crippen molar-refractivity contribution in [3.05, 3.63) is 58.9 Å². The Kier molecular flexibility index (Phi) is 8.18. The highest BCUT2D eigenvalue weighted by Gasteiger charge is 2.23. The number of amides is 2. The van der Waals surface area contributed by atoms with E-state index in [-0.39, 0.29) is 17.6 Å². The van der Waals surface area contributed by atoms with Crippen molar-refractivity contribution in [3.8, 4) is 11.8 Å². The summed E-state index contributed by atoms with van der Waals surface area (Å²) < 4.78 is 14.8. The van der Waals surface area contributed by atoms with Gasteiger partial charge in [-0.3, -0.25) is 15.1 Å². The third-order valence-corrected chi connectivity index (χ3v) is 4.34. The van der Waals surface area contributed by atoms with Crippen LogP contribution in [0, 0.1) is 30.0 Å². The molecule has 0 aliphatic heterocycles. The number of urea groups is 1. The van der Waals surface area contributed by atoms with E-state index in [1.165, 1.54) is 12.1 Å². The van der Waals surface area contributed by atoms with E-state index in [0.717, 1.165) is 10.6 Å². The molecule has 0 heterocycles. The van der Waals surface area contributed by atoms with E-state index in [9.17, 15) is 14.0 Å². The van der Waals surface area contributed by atoms with Crippen LogP contribution in [-0.4, -0.2) is 42.1 Å². The van der Waals surface area contributed by atoms with E-state index < -0.39 is 24.4 Å². The molecule has 0 bridgehead atoms. The largest absolute Gasteiger partial charge is 0.480 e. The molecule has 32 heavy (non-hydrogen) atoms. The standard InChI is InChI=1S/C23H26FN5O3/c1-14(2)28-23(32)29(13-21(30)31)20-11-15(3)17(12-19(20)24)5-4-10-27-18-8-6-16(7-9-18)22(25)26/h6-9,11-12,14,27H,10,13H2,1-3H3,(H3,25,26)(H,28,32)(H,30,31). The van der Waals surface area contributed by atoms with Crippen LogP contribution in [0.15, 0.2) is 36.4 Å². The minimum absolute atomic E-state index is 0.0131. The Morgan fingerprint density at radius 1 is 1.25 bits per heavy atom. The van der Waals surface area contributed by atoms with Crippen LogP contribution in [0.25, 0.3) is 0 Å². The maximum atomic E-state index is 14.8. The van der Waals surface area contributed by atoms with E-state index in [1.807, 2.05) is 0 Å². The van der Waals surface area contributed by atoms with Gasteiger partial charge < -0.3 is 21.5 Å². The average molecular weight is 439 g/mol. The van der Waals surface area contributed by atoms with Crippen molar-refractivity contribution in [2.45, 2.75) is 26.8 Å². The summed E-state index contributed by atoms with van der Waals surface area (Å²) in [5, 5.41) is 22.2. The van der Waals surface area contributed by atoms with Gasteiger partial charge in [0.2, 0.25) is 0 Å². The van der Waals surface area contributed by atoms with Crippen LogP contribution in [-0.2, 0) is 4.79 Å². The van der Waals surface area contributed by atoms with Gasteiger partial charge in [-0.1, -0.05) is 11.8 Å². The molecule has 0 aromatic heterocycles. The minimum atomic E-state index is -1.26. The molecule has 6 N–H and O–H groups in total. The quantitative estimate of drug-likeness (QED) is 0.257. The van der Waals surface area contributed by atoms with Crippen LogP contribution in [0.5, 0.6) is 0 Å². The lowest BCUT2D eigenvalue weighted by Crippen LogP contribution is -2.45. The van der Waals surface area contributed by atoms with E-state index in [4.69, 9.17) is 16.2 Å². The summed E-state index contributed by atoms with van der Waals surface area (Å²) in [6.07, 6.45) is 0. The van der Waals surface area contributed by atoms with Crippen LogP contribution in [0.2, 0.25) is 0 Å². The zero-order valence-electron chi connectivity index (χ0n) is 18.1. The number of nitrogens with two attached hydrogens (primary N) is 1. The SMILES string of the molecule is Cc1cc(N(CC(=O)O)C(=O)NC(C)C)c(F)cc1C#CCNc1ccc(C(=N)N)cc1. The molecular formula is C23H26FN5O3. The zero-order chi connectivity index (χ0) is 23.8. The molecule has 2 rings (SSSR count). The van der Waals surface area contributed by atoms with Gasteiger partial charge in [0, 0.05) is 22.9 Å². The second-order valence-electron chi connectivity index (χ2n) is 7.35. The molecule has 0 unspecified atom stereocenters. The molecule has 0 radical (unpaired) electrons. The fraction of sp³-hybridized carbons (Fsp3) is 0.261. The minimum Gasteiger partial charge on any atom is -0.480 e. The highest BCUT2D eigenvalue weighted by molar-refractivity contribution is 5.97. The smallest absolute Gasteiger partial charge is 0.323 e. The fourth-order valence-corrected chi connectivity index (χ4v) is 2.79. The van der Waals surface area contributed by atoms with Gasteiger partial charge in [0.05, 0.1) is 12.2 Å². The molecular weight excluding hydrogens is 413 g/mol. The first kappa shape index (κ1) is 24.2. The summed E-state index contributed by atoms with van der Waals surface area (Å²) in [7, 11) is 0. The molecule has 0 aliphatic carbocycles. The van der Waals surface area contributed by atoms with Crippen molar-refractivity contribution >= 4 is 29.2 Å². The zero-order valence-corrected chi connectivity index (χ0v) is 18.1. The number of nitrogens with zero attached hydrogens (tertiary/aromatic N) is 1. The normalized spacial score (nSPS) is 10.2. The molecule has 0 aliphatic rings. The number of carboxylic acids is 1. The topological polar surface area (TPSA) is 132 Å². The molecule has 2 aromatic carbocycles. The van der Waals surface area contributed by atoms with Gasteiger partial charge in [-0.25, -0.2) is 9.18 Å². The summed E-state index contributed by atoms with van der Waals surface area (Å²) in [4.78, 5) is 24.4. The maximum Gasteiger partial charge on any atom is 0.323 e. The summed E-state index contributed by atoms with van der Waals surface area (Å²) in [6.45, 7) is 4.78. The predicted octanol–water partition coefficient (Wildman–Crippen LogP) is 2.89. The number of anilines is 2. The summed E-state index contributed by atoms with van der Waals surface area (Å²) in [5.74, 6) is 3.77. The van der Waals surface area contributed by atoms with Crippen molar-refractivity contribution < 1.29 is 19.1 Å². The van der Waals surface area contributed by atoms with Gasteiger partial charge in [-0.05, 0) is 62.7 Å². The van der Waals surface area contributed by atoms with Gasteiger partial charge in [-0.15, -0.1) is 0 Å². The number of carbonyl (C=O) groups is 2. The number of halogens is 1. The molecule has 0 saturated carbocycles. The number of aliphatic carboxylic acids is 1. The molecule has 168 valence electrons. The van der Waals surface area contributed by atoms with Crippen LogP contribution < -0.4 is 21.3 Å². The van der Waals surface area contributed by atoms with Crippen LogP contribution in [0.4, 0.5) is 20.6 Å². The first-order valence-corrected chi connectivity index (χ1v) is 9.85. The number of amidine groups is 1. The Hall–Kier alpha value is -4.06. The van der Waals surface area contributed by atoms with Crippen LogP contribution >= 0.6 is 0 Å². The van der Waals surface area contributed by atoms with E-state index >= 15 is 0 Å². The second kappa shape index (κ2) is 10.8. The lowest BCUT2D eigenvalue weighted by Gasteiger charge is -2.23. The molecule has 0 fully saturated rings. The first-order valence-electron chi connectivity index (χ1n) is 9.85. The van der Waals surface area contributed by atoms with Crippen LogP contribution in [0.1, 0.15) is 30.5 Å². The molecule has 0 spiro atoms. The van der Waals surface area contributed by atoms with Gasteiger partial charge >= 0.3 is 12.0 Å². The first-order chi connectivity index (χ1) is 15.1. The van der Waals surface area contributed by atoms with Crippen molar-refractivity contribution in [3.63, 3.8) is 0 Å². The van der Waals surface area contributed by atoms with E-state index in [0.29, 0.717) is 23.2 Å². The molecule has 0 saturated heterocycles. The summed E-state index contributed by atoms with van der Waals surface area (Å²) >= 11 is 0. The third kappa shape index (κ3) is 6.74. The summed E-state index contributed by atoms with van der Waals surface area (Å²) in [5.41, 5.74) is 7.74. The number of aryl methyl sites for hydroxylation is 1.